The Hall–Kier alpha value is -1.12. The van der Waals surface area contributed by atoms with Crippen LogP contribution in [-0.2, 0) is 0 Å². The summed E-state index contributed by atoms with van der Waals surface area (Å²) in [5.41, 5.74) is -0.256. The van der Waals surface area contributed by atoms with Crippen LogP contribution in [-0.4, -0.2) is 17.7 Å². The quantitative estimate of drug-likeness (QED) is 0.644. The zero-order valence-corrected chi connectivity index (χ0v) is 7.82. The average Bonchev–Trinajstić information content (AvgIpc) is 2.48. The number of imidazole rings is 1. The van der Waals surface area contributed by atoms with Crippen molar-refractivity contribution in [2.24, 2.45) is 0 Å². The second kappa shape index (κ2) is 2.44. The molecule has 12 heavy (non-hydrogen) atoms. The molecular formula is C5H3IN4O2. The van der Waals surface area contributed by atoms with Crippen LogP contribution in [0.25, 0.3) is 11.2 Å². The van der Waals surface area contributed by atoms with E-state index in [9.17, 15) is 9.59 Å². The third-order valence-electron chi connectivity index (χ3n) is 1.43. The van der Waals surface area contributed by atoms with Crippen LogP contribution in [0.5, 0.6) is 0 Å². The van der Waals surface area contributed by atoms with Crippen LogP contribution >= 0.6 is 22.9 Å². The van der Waals surface area contributed by atoms with Gasteiger partial charge in [-0.15, -0.1) is 0 Å². The van der Waals surface area contributed by atoms with Gasteiger partial charge in [0.2, 0.25) is 0 Å². The van der Waals surface area contributed by atoms with E-state index in [4.69, 9.17) is 0 Å². The Morgan fingerprint density at radius 2 is 2.25 bits per heavy atom. The van der Waals surface area contributed by atoms with Crippen molar-refractivity contribution in [2.75, 3.05) is 0 Å². The van der Waals surface area contributed by atoms with E-state index in [1.807, 2.05) is 0 Å². The van der Waals surface area contributed by atoms with E-state index in [-0.39, 0.29) is 0 Å². The van der Waals surface area contributed by atoms with Crippen molar-refractivity contribution < 1.29 is 0 Å². The van der Waals surface area contributed by atoms with E-state index >= 15 is 0 Å². The van der Waals surface area contributed by atoms with Crippen molar-refractivity contribution >= 4 is 34.0 Å². The number of nitrogens with zero attached hydrogens (tertiary/aromatic N) is 2. The predicted octanol–water partition coefficient (Wildman–Crippen LogP) is -0.389. The van der Waals surface area contributed by atoms with Gasteiger partial charge in [0.25, 0.3) is 5.56 Å². The summed E-state index contributed by atoms with van der Waals surface area (Å²) in [6.07, 6.45) is 1.37. The second-order valence-electron chi connectivity index (χ2n) is 2.14. The van der Waals surface area contributed by atoms with Gasteiger partial charge in [0.05, 0.1) is 29.2 Å². The Bertz CT molecular complexity index is 536. The molecule has 0 aliphatic rings. The smallest absolute Gasteiger partial charge is 0.339 e. The topological polar surface area (TPSA) is 83.5 Å². The maximum Gasteiger partial charge on any atom is 0.339 e. The maximum atomic E-state index is 11.1. The van der Waals surface area contributed by atoms with E-state index in [1.54, 1.807) is 22.9 Å². The number of aromatic amines is 2. The molecular weight excluding hydrogens is 275 g/mol. The van der Waals surface area contributed by atoms with Crippen molar-refractivity contribution in [1.82, 2.24) is 17.7 Å². The highest BCUT2D eigenvalue weighted by Gasteiger charge is 2.06. The Labute approximate surface area is 79.1 Å². The molecule has 0 unspecified atom stereocenters. The van der Waals surface area contributed by atoms with Crippen LogP contribution < -0.4 is 11.2 Å². The fourth-order valence-electron chi connectivity index (χ4n) is 0.908. The average molecular weight is 278 g/mol. The number of hydrogen-bond donors (Lipinski definition) is 2. The highest BCUT2D eigenvalue weighted by Crippen LogP contribution is 2.01. The number of rotatable bonds is 0. The lowest BCUT2D eigenvalue weighted by Gasteiger charge is -1.92. The summed E-state index contributed by atoms with van der Waals surface area (Å²) in [5.74, 6) is 0. The number of H-pyrrole nitrogens is 2. The summed E-state index contributed by atoms with van der Waals surface area (Å²) in [7, 11) is 0. The number of aromatic nitrogens is 4. The Balaban J connectivity index is 3.18. The third kappa shape index (κ3) is 0.891. The van der Waals surface area contributed by atoms with Crippen molar-refractivity contribution in [1.29, 1.82) is 0 Å². The number of fused-ring (bicyclic) bond motifs is 1. The Kier molecular flexibility index (Phi) is 1.53. The van der Waals surface area contributed by atoms with Crippen molar-refractivity contribution in [3.05, 3.63) is 27.2 Å². The minimum atomic E-state index is -0.472. The van der Waals surface area contributed by atoms with E-state index in [0.29, 0.717) is 11.2 Å². The van der Waals surface area contributed by atoms with E-state index in [2.05, 4.69) is 15.0 Å². The van der Waals surface area contributed by atoms with Crippen LogP contribution in [0.4, 0.5) is 0 Å². The van der Waals surface area contributed by atoms with Gasteiger partial charge in [-0.25, -0.2) is 12.6 Å². The van der Waals surface area contributed by atoms with Gasteiger partial charge in [0, 0.05) is 0 Å². The van der Waals surface area contributed by atoms with Gasteiger partial charge in [-0.3, -0.25) is 9.78 Å². The van der Waals surface area contributed by atoms with Crippen LogP contribution in [0.3, 0.4) is 0 Å². The van der Waals surface area contributed by atoms with Gasteiger partial charge in [-0.1, -0.05) is 0 Å². The third-order valence-corrected chi connectivity index (χ3v) is 2.33. The molecule has 0 aliphatic carbocycles. The number of hydrogen-bond acceptors (Lipinski definition) is 3. The fraction of sp³-hybridized carbons (Fsp3) is 0. The molecule has 7 heteroatoms. The zero-order chi connectivity index (χ0) is 8.72. The number of nitrogens with one attached hydrogen (secondary N) is 2. The molecule has 0 bridgehead atoms. The molecule has 2 aromatic heterocycles. The fourth-order valence-corrected chi connectivity index (χ4v) is 1.39. The maximum absolute atomic E-state index is 11.1. The summed E-state index contributed by atoms with van der Waals surface area (Å²) in [6, 6.07) is 0. The molecule has 0 saturated carbocycles. The molecule has 2 aromatic rings. The molecule has 0 spiro atoms. The minimum absolute atomic E-state index is 0.309. The SMILES string of the molecule is O=c1[nH]c(=O)n(I)c2nc[nH]c12. The summed E-state index contributed by atoms with van der Waals surface area (Å²) in [6.45, 7) is 0. The number of halogens is 1. The highest BCUT2D eigenvalue weighted by molar-refractivity contribution is 14.1. The van der Waals surface area contributed by atoms with Crippen LogP contribution in [0.2, 0.25) is 0 Å². The molecule has 2 rings (SSSR count). The molecule has 0 amide bonds. The lowest BCUT2D eigenvalue weighted by molar-refractivity contribution is 1.05. The van der Waals surface area contributed by atoms with Crippen molar-refractivity contribution in [3.8, 4) is 0 Å². The van der Waals surface area contributed by atoms with Gasteiger partial charge in [-0.2, -0.15) is 0 Å². The van der Waals surface area contributed by atoms with Crippen molar-refractivity contribution in [2.45, 2.75) is 0 Å². The monoisotopic (exact) mass is 278 g/mol. The largest absolute Gasteiger partial charge is 0.339 e. The molecule has 0 fully saturated rings. The minimum Gasteiger partial charge on any atom is -0.339 e. The lowest BCUT2D eigenvalue weighted by atomic mass is 10.5. The summed E-state index contributed by atoms with van der Waals surface area (Å²) in [5, 5.41) is 0. The van der Waals surface area contributed by atoms with Crippen LogP contribution in [0, 0.1) is 0 Å². The first kappa shape index (κ1) is 7.53. The summed E-state index contributed by atoms with van der Waals surface area (Å²) in [4.78, 5) is 30.7. The molecule has 2 N–H and O–H groups in total. The summed E-state index contributed by atoms with van der Waals surface area (Å²) >= 11 is 1.77. The second-order valence-corrected chi connectivity index (χ2v) is 3.11. The van der Waals surface area contributed by atoms with Gasteiger partial charge in [0.15, 0.2) is 5.65 Å². The van der Waals surface area contributed by atoms with Crippen molar-refractivity contribution in [3.63, 3.8) is 0 Å². The highest BCUT2D eigenvalue weighted by atomic mass is 127. The molecule has 0 atom stereocenters. The first-order valence-corrected chi connectivity index (χ1v) is 4.01. The molecule has 0 aromatic carbocycles. The van der Waals surface area contributed by atoms with E-state index in [1.165, 1.54) is 9.11 Å². The van der Waals surface area contributed by atoms with E-state index in [0.717, 1.165) is 0 Å². The molecule has 0 radical (unpaired) electrons. The zero-order valence-electron chi connectivity index (χ0n) is 5.67. The Morgan fingerprint density at radius 1 is 1.50 bits per heavy atom. The Morgan fingerprint density at radius 3 is 3.00 bits per heavy atom. The molecule has 0 saturated heterocycles. The summed E-state index contributed by atoms with van der Waals surface area (Å²) < 4.78 is 1.24. The van der Waals surface area contributed by atoms with Gasteiger partial charge in [-0.05, 0) is 0 Å². The van der Waals surface area contributed by atoms with Crippen LogP contribution in [0.15, 0.2) is 15.9 Å². The van der Waals surface area contributed by atoms with E-state index < -0.39 is 11.2 Å². The van der Waals surface area contributed by atoms with Gasteiger partial charge >= 0.3 is 5.69 Å². The first-order chi connectivity index (χ1) is 5.70. The van der Waals surface area contributed by atoms with Gasteiger partial charge in [0.1, 0.15) is 5.52 Å². The molecule has 2 heterocycles. The molecule has 0 aliphatic heterocycles. The predicted molar refractivity (Wildman–Crippen MR) is 50.4 cm³/mol. The van der Waals surface area contributed by atoms with Crippen LogP contribution in [0.1, 0.15) is 0 Å². The molecule has 6 nitrogen and oxygen atoms in total. The van der Waals surface area contributed by atoms with Gasteiger partial charge < -0.3 is 4.98 Å². The lowest BCUT2D eigenvalue weighted by Crippen LogP contribution is -2.25. The normalized spacial score (nSPS) is 10.8. The first-order valence-electron chi connectivity index (χ1n) is 3.04. The standard InChI is InChI=1S/C5H3IN4O2/c6-10-3-2(7-1-8-3)4(11)9-5(10)12/h1H,(H,7,8)(H,9,11,12). The molecule has 62 valence electrons.